The lowest BCUT2D eigenvalue weighted by Crippen LogP contribution is -2.11. The van der Waals surface area contributed by atoms with Gasteiger partial charge >= 0.3 is 0 Å². The minimum Gasteiger partial charge on any atom is -0.506 e. The summed E-state index contributed by atoms with van der Waals surface area (Å²) in [6.45, 7) is 0.0110. The maximum Gasteiger partial charge on any atom is 0.140 e. The van der Waals surface area contributed by atoms with Crippen LogP contribution in [0, 0.1) is 0 Å². The number of rotatable bonds is 3. The Kier molecular flexibility index (Phi) is 3.57. The number of phenolic OH excluding ortho intramolecular Hbond substituents is 1. The fraction of sp³-hybridized carbons (Fsp3) is 0.333. The molecule has 0 aliphatic heterocycles. The van der Waals surface area contributed by atoms with Crippen LogP contribution in [0.3, 0.4) is 0 Å². The van der Waals surface area contributed by atoms with Gasteiger partial charge in [0, 0.05) is 18.2 Å². The van der Waals surface area contributed by atoms with Gasteiger partial charge in [-0.2, -0.15) is 0 Å². The van der Waals surface area contributed by atoms with Crippen molar-refractivity contribution in [2.24, 2.45) is 5.73 Å². The zero-order valence-electron chi connectivity index (χ0n) is 7.70. The number of phenols is 1. The van der Waals surface area contributed by atoms with Crippen molar-refractivity contribution in [1.29, 1.82) is 0 Å². The van der Waals surface area contributed by atoms with Crippen LogP contribution in [0.15, 0.2) is 12.1 Å². The Morgan fingerprint density at radius 3 is 2.71 bits per heavy atom. The number of benzene rings is 1. The van der Waals surface area contributed by atoms with Gasteiger partial charge in [0.2, 0.25) is 0 Å². The molecule has 0 bridgehead atoms. The van der Waals surface area contributed by atoms with Crippen molar-refractivity contribution in [3.63, 3.8) is 0 Å². The van der Waals surface area contributed by atoms with Gasteiger partial charge in [0.15, 0.2) is 0 Å². The number of methoxy groups -OCH3 is 1. The van der Waals surface area contributed by atoms with Crippen molar-refractivity contribution in [2.75, 3.05) is 13.7 Å². The average Bonchev–Trinajstić information content (AvgIpc) is 2.20. The molecule has 78 valence electrons. The Bertz CT molecular complexity index is 330. The van der Waals surface area contributed by atoms with Crippen molar-refractivity contribution >= 4 is 11.6 Å². The molecular weight excluding hydrogens is 206 g/mol. The van der Waals surface area contributed by atoms with Crippen LogP contribution in [0.5, 0.6) is 11.5 Å². The monoisotopic (exact) mass is 217 g/mol. The number of hydrogen-bond acceptors (Lipinski definition) is 4. The van der Waals surface area contributed by atoms with Crippen molar-refractivity contribution in [1.82, 2.24) is 0 Å². The van der Waals surface area contributed by atoms with Crippen LogP contribution in [0.4, 0.5) is 0 Å². The highest BCUT2D eigenvalue weighted by Gasteiger charge is 2.15. The summed E-state index contributed by atoms with van der Waals surface area (Å²) in [6, 6.07) is 2.96. The van der Waals surface area contributed by atoms with Crippen LogP contribution in [0.2, 0.25) is 5.02 Å². The van der Waals surface area contributed by atoms with Gasteiger partial charge in [0.05, 0.1) is 18.2 Å². The molecule has 0 spiro atoms. The van der Waals surface area contributed by atoms with Crippen LogP contribution >= 0.6 is 11.6 Å². The molecule has 1 unspecified atom stereocenters. The van der Waals surface area contributed by atoms with Crippen molar-refractivity contribution in [3.05, 3.63) is 22.7 Å². The van der Waals surface area contributed by atoms with Crippen LogP contribution < -0.4 is 10.5 Å². The highest BCUT2D eigenvalue weighted by molar-refractivity contribution is 6.32. The highest BCUT2D eigenvalue weighted by Crippen LogP contribution is 2.35. The number of ether oxygens (including phenoxy) is 1. The van der Waals surface area contributed by atoms with Gasteiger partial charge < -0.3 is 20.7 Å². The largest absolute Gasteiger partial charge is 0.506 e. The Balaban J connectivity index is 3.20. The molecule has 0 amide bonds. The quantitative estimate of drug-likeness (QED) is 0.707. The molecule has 14 heavy (non-hydrogen) atoms. The van der Waals surface area contributed by atoms with Gasteiger partial charge in [-0.05, 0) is 6.07 Å². The first kappa shape index (κ1) is 11.1. The lowest BCUT2D eigenvalue weighted by molar-refractivity contribution is 0.182. The third-order valence-electron chi connectivity index (χ3n) is 1.88. The summed E-state index contributed by atoms with van der Waals surface area (Å²) in [4.78, 5) is 0. The van der Waals surface area contributed by atoms with Crippen molar-refractivity contribution < 1.29 is 14.9 Å². The molecule has 1 aromatic carbocycles. The molecule has 1 aromatic rings. The average molecular weight is 218 g/mol. The molecule has 4 nitrogen and oxygen atoms in total. The van der Waals surface area contributed by atoms with Gasteiger partial charge in [-0.1, -0.05) is 11.6 Å². The second kappa shape index (κ2) is 4.50. The van der Waals surface area contributed by atoms with Gasteiger partial charge in [-0.25, -0.2) is 0 Å². The number of hydrogen-bond donors (Lipinski definition) is 3. The molecule has 0 saturated carbocycles. The summed E-state index contributed by atoms with van der Waals surface area (Å²) in [7, 11) is 1.47. The molecular formula is C9H12ClNO3. The fourth-order valence-electron chi connectivity index (χ4n) is 1.09. The van der Waals surface area contributed by atoms with Gasteiger partial charge in [0.25, 0.3) is 0 Å². The van der Waals surface area contributed by atoms with Crippen molar-refractivity contribution in [3.8, 4) is 11.5 Å². The summed E-state index contributed by atoms with van der Waals surface area (Å²) in [5, 5.41) is 19.1. The van der Waals surface area contributed by atoms with E-state index in [1.807, 2.05) is 0 Å². The maximum absolute atomic E-state index is 9.52. The van der Waals surface area contributed by atoms with E-state index in [0.717, 1.165) is 0 Å². The Hall–Kier alpha value is -0.970. The zero-order valence-corrected chi connectivity index (χ0v) is 8.45. The van der Waals surface area contributed by atoms with Crippen LogP contribution in [0.1, 0.15) is 11.7 Å². The second-order valence-corrected chi connectivity index (χ2v) is 3.21. The number of nitrogens with two attached hydrogens (primary N) is 1. The lowest BCUT2D eigenvalue weighted by atomic mass is 10.1. The fourth-order valence-corrected chi connectivity index (χ4v) is 1.31. The number of halogens is 1. The maximum atomic E-state index is 9.52. The smallest absolute Gasteiger partial charge is 0.140 e. The summed E-state index contributed by atoms with van der Waals surface area (Å²) in [6.07, 6.45) is -0.942. The molecule has 0 aromatic heterocycles. The summed E-state index contributed by atoms with van der Waals surface area (Å²) in [5.41, 5.74) is 5.54. The number of aliphatic hydroxyl groups is 1. The van der Waals surface area contributed by atoms with Gasteiger partial charge in [0.1, 0.15) is 11.5 Å². The third kappa shape index (κ3) is 2.09. The topological polar surface area (TPSA) is 75.7 Å². The first-order valence-electron chi connectivity index (χ1n) is 4.04. The number of aromatic hydroxyl groups is 1. The normalized spacial score (nSPS) is 12.6. The van der Waals surface area contributed by atoms with E-state index in [9.17, 15) is 10.2 Å². The minimum absolute atomic E-state index is 0.0110. The van der Waals surface area contributed by atoms with E-state index in [-0.39, 0.29) is 22.9 Å². The summed E-state index contributed by atoms with van der Waals surface area (Å²) >= 11 is 5.72. The predicted molar refractivity (Wildman–Crippen MR) is 53.7 cm³/mol. The minimum atomic E-state index is -0.942. The van der Waals surface area contributed by atoms with Crippen molar-refractivity contribution in [2.45, 2.75) is 6.10 Å². The molecule has 1 rings (SSSR count). The lowest BCUT2D eigenvalue weighted by Gasteiger charge is -2.12. The van der Waals surface area contributed by atoms with E-state index in [1.165, 1.54) is 19.2 Å². The van der Waals surface area contributed by atoms with E-state index in [1.54, 1.807) is 0 Å². The van der Waals surface area contributed by atoms with E-state index in [0.29, 0.717) is 5.75 Å². The van der Waals surface area contributed by atoms with Crippen LogP contribution in [0.25, 0.3) is 0 Å². The molecule has 0 fully saturated rings. The van der Waals surface area contributed by atoms with E-state index >= 15 is 0 Å². The zero-order chi connectivity index (χ0) is 10.7. The third-order valence-corrected chi connectivity index (χ3v) is 2.17. The second-order valence-electron chi connectivity index (χ2n) is 2.80. The molecule has 5 heteroatoms. The molecule has 1 atom stereocenters. The molecule has 0 aliphatic carbocycles. The van der Waals surface area contributed by atoms with E-state index in [2.05, 4.69) is 0 Å². The molecule has 0 aliphatic rings. The highest BCUT2D eigenvalue weighted by atomic mass is 35.5. The summed E-state index contributed by atoms with van der Waals surface area (Å²) in [5.74, 6) is 0.306. The first-order chi connectivity index (χ1) is 6.60. The molecule has 4 N–H and O–H groups in total. The molecule has 0 heterocycles. The predicted octanol–water partition coefficient (Wildman–Crippen LogP) is 1.05. The van der Waals surface area contributed by atoms with Crippen LogP contribution in [-0.4, -0.2) is 23.9 Å². The molecule has 0 saturated heterocycles. The van der Waals surface area contributed by atoms with Crippen LogP contribution in [-0.2, 0) is 0 Å². The Morgan fingerprint density at radius 2 is 2.21 bits per heavy atom. The Labute approximate surface area is 86.9 Å². The standard InChI is InChI=1S/C9H12ClNO3/c1-14-5-2-6(8(12)4-11)9(13)7(10)3-5/h2-3,8,12-13H,4,11H2,1H3. The molecule has 0 radical (unpaired) electrons. The number of aliphatic hydroxyl groups excluding tert-OH is 1. The SMILES string of the molecule is COc1cc(Cl)c(O)c(C(O)CN)c1. The van der Waals surface area contributed by atoms with E-state index in [4.69, 9.17) is 22.1 Å². The first-order valence-corrected chi connectivity index (χ1v) is 4.42. The van der Waals surface area contributed by atoms with Gasteiger partial charge in [-0.3, -0.25) is 0 Å². The Morgan fingerprint density at radius 1 is 1.57 bits per heavy atom. The summed E-state index contributed by atoms with van der Waals surface area (Å²) < 4.78 is 4.94. The van der Waals surface area contributed by atoms with E-state index < -0.39 is 6.10 Å². The van der Waals surface area contributed by atoms with Gasteiger partial charge in [-0.15, -0.1) is 0 Å².